The van der Waals surface area contributed by atoms with E-state index < -0.39 is 13.0 Å². The van der Waals surface area contributed by atoms with Gasteiger partial charge in [-0.25, -0.2) is 0 Å². The normalized spacial score (nSPS) is 20.8. The van der Waals surface area contributed by atoms with E-state index in [-0.39, 0.29) is 24.8 Å². The molecule has 0 aliphatic heterocycles. The van der Waals surface area contributed by atoms with Gasteiger partial charge in [0.25, 0.3) is 0 Å². The molecule has 2 aromatic rings. The summed E-state index contributed by atoms with van der Waals surface area (Å²) in [4.78, 5) is 0. The van der Waals surface area contributed by atoms with Gasteiger partial charge in [0.1, 0.15) is 0 Å². The van der Waals surface area contributed by atoms with E-state index in [4.69, 9.17) is 9.30 Å². The fourth-order valence-electron chi connectivity index (χ4n) is 4.03. The average molecular weight is 432 g/mol. The van der Waals surface area contributed by atoms with Crippen molar-refractivity contribution in [3.05, 3.63) is 82.9 Å². The SMILES string of the molecule is Cl.Cl.[CH3][Ti](=[SiH2])([Cl])([CH]1C=Cc2ccccc21)[CH]1C=Cc2ccccc21. The Morgan fingerprint density at radius 1 is 0.792 bits per heavy atom. The van der Waals surface area contributed by atoms with Gasteiger partial charge in [0.2, 0.25) is 0 Å². The van der Waals surface area contributed by atoms with Crippen LogP contribution in [0.5, 0.6) is 0 Å². The molecule has 24 heavy (non-hydrogen) atoms. The van der Waals surface area contributed by atoms with Crippen LogP contribution < -0.4 is 0 Å². The fourth-order valence-corrected chi connectivity index (χ4v) is 14.4. The minimum atomic E-state index is -3.31. The van der Waals surface area contributed by atoms with Crippen LogP contribution in [0.4, 0.5) is 0 Å². The molecule has 0 aromatic heterocycles. The third-order valence-electron chi connectivity index (χ3n) is 5.25. The molecule has 2 aliphatic carbocycles. The summed E-state index contributed by atoms with van der Waals surface area (Å²) in [7, 11) is 9.68. The van der Waals surface area contributed by atoms with Gasteiger partial charge in [-0.2, -0.15) is 0 Å². The second-order valence-corrected chi connectivity index (χ2v) is 29.4. The monoisotopic (exact) mass is 430 g/mol. The zero-order valence-corrected chi connectivity index (χ0v) is 18.8. The second kappa shape index (κ2) is 6.79. The van der Waals surface area contributed by atoms with Gasteiger partial charge in [-0.3, -0.25) is 0 Å². The molecule has 5 heteroatoms. The number of rotatable bonds is 2. The Bertz CT molecular complexity index is 827. The first-order valence-corrected chi connectivity index (χ1v) is 17.3. The summed E-state index contributed by atoms with van der Waals surface area (Å²) < 4.78 is 0.794. The van der Waals surface area contributed by atoms with Gasteiger partial charge in [-0.1, -0.05) is 0 Å². The summed E-state index contributed by atoms with van der Waals surface area (Å²) in [6.45, 7) is 0. The molecule has 126 valence electrons. The second-order valence-electron chi connectivity index (χ2n) is 6.98. The molecule has 0 radical (unpaired) electrons. The molecule has 2 aromatic carbocycles. The molecule has 0 saturated carbocycles. The van der Waals surface area contributed by atoms with Crippen molar-refractivity contribution in [3.8, 4) is 0 Å². The van der Waals surface area contributed by atoms with Crippen LogP contribution in [-0.2, 0) is 13.0 Å². The van der Waals surface area contributed by atoms with Crippen LogP contribution in [0.2, 0.25) is 5.23 Å². The first-order chi connectivity index (χ1) is 10.5. The topological polar surface area (TPSA) is 0 Å². The Hall–Kier alpha value is -0.279. The molecule has 0 amide bonds. The standard InChI is InChI=1S/2C9H7.CH3.3ClH.H2Si.Ti/c2*1-2-5-9-7-3-6-8(9)4-1;;;;;;/h2*1-7H;1H3;3*1H;1H2;/q;;;;;;;+1/p-1. The van der Waals surface area contributed by atoms with Crippen LogP contribution in [0.1, 0.15) is 30.7 Å². The molecule has 0 heterocycles. The third-order valence-corrected chi connectivity index (χ3v) is 17.6. The van der Waals surface area contributed by atoms with Crippen LogP contribution in [0.25, 0.3) is 12.2 Å². The van der Waals surface area contributed by atoms with Crippen LogP contribution in [0.3, 0.4) is 0 Å². The van der Waals surface area contributed by atoms with Gasteiger partial charge < -0.3 is 0 Å². The predicted octanol–water partition coefficient (Wildman–Crippen LogP) is 5.81. The molecule has 2 atom stereocenters. The Morgan fingerprint density at radius 2 is 1.17 bits per heavy atom. The number of hydrogen-bond donors (Lipinski definition) is 0. The molecular formula is C19H21Cl3SiTi. The molecule has 4 rings (SSSR count). The van der Waals surface area contributed by atoms with Crippen molar-refractivity contribution >= 4 is 53.9 Å². The van der Waals surface area contributed by atoms with Crippen molar-refractivity contribution in [1.29, 1.82) is 0 Å². The van der Waals surface area contributed by atoms with E-state index in [1.807, 2.05) is 0 Å². The van der Waals surface area contributed by atoms with E-state index in [1.54, 1.807) is 0 Å². The summed E-state index contributed by atoms with van der Waals surface area (Å²) in [6, 6.07) is 17.4. The van der Waals surface area contributed by atoms with Crippen molar-refractivity contribution in [2.75, 3.05) is 0 Å². The fraction of sp³-hybridized carbons (Fsp3) is 0.158. The van der Waals surface area contributed by atoms with Crippen LogP contribution in [0.15, 0.2) is 60.7 Å². The summed E-state index contributed by atoms with van der Waals surface area (Å²) in [5.41, 5.74) is 5.52. The number of fused-ring (bicyclic) bond motifs is 2. The van der Waals surface area contributed by atoms with Crippen LogP contribution >= 0.6 is 34.1 Å². The molecule has 0 bridgehead atoms. The quantitative estimate of drug-likeness (QED) is 0.527. The van der Waals surface area contributed by atoms with Crippen molar-refractivity contribution < 1.29 is 13.0 Å². The Labute approximate surface area is 162 Å². The van der Waals surface area contributed by atoms with Gasteiger partial charge >= 0.3 is 139 Å². The average Bonchev–Trinajstić information content (AvgIpc) is 3.12. The summed E-state index contributed by atoms with van der Waals surface area (Å²) in [6.07, 6.45) is 9.23. The van der Waals surface area contributed by atoms with E-state index >= 15 is 0 Å². The van der Waals surface area contributed by atoms with Gasteiger partial charge in [-0.15, -0.1) is 24.8 Å². The molecule has 0 fully saturated rings. The number of halogens is 3. The predicted molar refractivity (Wildman–Crippen MR) is 111 cm³/mol. The number of hydrogen-bond acceptors (Lipinski definition) is 0. The van der Waals surface area contributed by atoms with Gasteiger partial charge in [-0.05, 0) is 0 Å². The zero-order valence-electron chi connectivity index (χ0n) is 13.5. The van der Waals surface area contributed by atoms with E-state index in [9.17, 15) is 0 Å². The maximum absolute atomic E-state index is 7.56. The van der Waals surface area contributed by atoms with Gasteiger partial charge in [0, 0.05) is 0 Å². The Morgan fingerprint density at radius 3 is 1.58 bits per heavy atom. The number of benzene rings is 2. The maximum atomic E-state index is 7.56. The molecule has 0 saturated heterocycles. The van der Waals surface area contributed by atoms with E-state index in [2.05, 4.69) is 85.7 Å². The molecule has 0 N–H and O–H groups in total. The Kier molecular flexibility index (Phi) is 5.67. The van der Waals surface area contributed by atoms with Gasteiger partial charge in [0.05, 0.1) is 0 Å². The first kappa shape index (κ1) is 20.0. The van der Waals surface area contributed by atoms with Crippen molar-refractivity contribution in [2.24, 2.45) is 0 Å². The number of allylic oxidation sites excluding steroid dienone is 2. The molecule has 2 aliphatic rings. The van der Waals surface area contributed by atoms with Crippen molar-refractivity contribution in [1.82, 2.24) is 0 Å². The first-order valence-electron chi connectivity index (χ1n) is 7.76. The third kappa shape index (κ3) is 3.00. The minimum absolute atomic E-state index is 0. The summed E-state index contributed by atoms with van der Waals surface area (Å²) in [5.74, 6) is 0. The molecule has 0 spiro atoms. The Balaban J connectivity index is 0.00000104. The van der Waals surface area contributed by atoms with Crippen molar-refractivity contribution in [3.63, 3.8) is 0 Å². The van der Waals surface area contributed by atoms with E-state index in [1.165, 1.54) is 22.3 Å². The van der Waals surface area contributed by atoms with E-state index in [0.29, 0.717) is 8.45 Å². The molecular weight excluding hydrogens is 411 g/mol. The zero-order chi connectivity index (χ0) is 15.4. The summed E-state index contributed by atoms with van der Waals surface area (Å²) in [5, 5.41) is 2.39. The molecule has 2 unspecified atom stereocenters. The van der Waals surface area contributed by atoms with E-state index in [0.717, 1.165) is 0 Å². The molecule has 0 nitrogen and oxygen atoms in total. The summed E-state index contributed by atoms with van der Waals surface area (Å²) >= 11 is -3.31. The van der Waals surface area contributed by atoms with Crippen LogP contribution in [0, 0.1) is 0 Å². The van der Waals surface area contributed by atoms with Crippen molar-refractivity contribution in [2.45, 2.75) is 13.7 Å². The van der Waals surface area contributed by atoms with Gasteiger partial charge in [0.15, 0.2) is 0 Å². The van der Waals surface area contributed by atoms with Crippen LogP contribution in [-0.4, -0.2) is 7.63 Å².